The normalized spacial score (nSPS) is 14.0. The standard InChI is InChI=1S/C16H21NO7/c1-16(2,3)24-15(20)17-10(14(18)19)5-9-6-11(21-4)13-12(7-9)22-8-23-13/h6-7,10H,5,8H2,1-4H3,(H,17,20)(H,18,19). The van der Waals surface area contributed by atoms with E-state index in [0.717, 1.165) is 0 Å². The lowest BCUT2D eigenvalue weighted by Gasteiger charge is -2.22. The van der Waals surface area contributed by atoms with Crippen LogP contribution < -0.4 is 19.5 Å². The summed E-state index contributed by atoms with van der Waals surface area (Å²) in [6, 6.07) is 2.17. The summed E-state index contributed by atoms with van der Waals surface area (Å²) in [4.78, 5) is 23.2. The number of carboxylic acids is 1. The van der Waals surface area contributed by atoms with Crippen LogP contribution in [0.3, 0.4) is 0 Å². The van der Waals surface area contributed by atoms with Gasteiger partial charge in [-0.1, -0.05) is 0 Å². The number of alkyl carbamates (subject to hydrolysis) is 1. The number of amides is 1. The van der Waals surface area contributed by atoms with Crippen molar-refractivity contribution in [3.05, 3.63) is 17.7 Å². The zero-order valence-corrected chi connectivity index (χ0v) is 14.0. The van der Waals surface area contributed by atoms with Gasteiger partial charge >= 0.3 is 12.1 Å². The lowest BCUT2D eigenvalue weighted by atomic mass is 10.0. The maximum Gasteiger partial charge on any atom is 0.408 e. The van der Waals surface area contributed by atoms with Crippen molar-refractivity contribution in [1.29, 1.82) is 0 Å². The van der Waals surface area contributed by atoms with Gasteiger partial charge in [0.25, 0.3) is 0 Å². The second-order valence-corrected chi connectivity index (χ2v) is 6.27. The summed E-state index contributed by atoms with van der Waals surface area (Å²) < 4.78 is 20.9. The number of fused-ring (bicyclic) bond motifs is 1. The zero-order valence-electron chi connectivity index (χ0n) is 14.0. The molecule has 0 saturated heterocycles. The summed E-state index contributed by atoms with van der Waals surface area (Å²) in [5.74, 6) is 0.234. The number of benzene rings is 1. The van der Waals surface area contributed by atoms with Crippen molar-refractivity contribution < 1.29 is 33.6 Å². The largest absolute Gasteiger partial charge is 0.493 e. The van der Waals surface area contributed by atoms with E-state index in [9.17, 15) is 14.7 Å². The van der Waals surface area contributed by atoms with Crippen molar-refractivity contribution in [3.8, 4) is 17.2 Å². The number of carbonyl (C=O) groups excluding carboxylic acids is 1. The Morgan fingerprint density at radius 2 is 2.04 bits per heavy atom. The maximum absolute atomic E-state index is 11.8. The first-order chi connectivity index (χ1) is 11.2. The van der Waals surface area contributed by atoms with E-state index in [2.05, 4.69) is 5.32 Å². The number of carboxylic acid groups (broad SMARTS) is 1. The highest BCUT2D eigenvalue weighted by atomic mass is 16.7. The second-order valence-electron chi connectivity index (χ2n) is 6.27. The topological polar surface area (TPSA) is 103 Å². The molecule has 1 aromatic carbocycles. The third-order valence-electron chi connectivity index (χ3n) is 3.15. The number of aliphatic carboxylic acids is 1. The van der Waals surface area contributed by atoms with Crippen LogP contribution in [0.2, 0.25) is 0 Å². The number of carbonyl (C=O) groups is 2. The molecular formula is C16H21NO7. The Labute approximate surface area is 139 Å². The number of ether oxygens (including phenoxy) is 4. The zero-order chi connectivity index (χ0) is 17.9. The van der Waals surface area contributed by atoms with Gasteiger partial charge in [-0.25, -0.2) is 9.59 Å². The molecule has 1 amide bonds. The first-order valence-corrected chi connectivity index (χ1v) is 7.38. The van der Waals surface area contributed by atoms with Gasteiger partial charge in [0.1, 0.15) is 11.6 Å². The molecule has 1 aliphatic rings. The lowest BCUT2D eigenvalue weighted by Crippen LogP contribution is -2.44. The molecule has 8 heteroatoms. The smallest absolute Gasteiger partial charge is 0.408 e. The Morgan fingerprint density at radius 3 is 2.62 bits per heavy atom. The molecule has 1 atom stereocenters. The molecule has 0 saturated carbocycles. The lowest BCUT2D eigenvalue weighted by molar-refractivity contribution is -0.139. The molecule has 1 heterocycles. The van der Waals surface area contributed by atoms with E-state index in [0.29, 0.717) is 22.8 Å². The van der Waals surface area contributed by atoms with Crippen molar-refractivity contribution in [2.24, 2.45) is 0 Å². The van der Waals surface area contributed by atoms with Crippen molar-refractivity contribution in [2.75, 3.05) is 13.9 Å². The Balaban J connectivity index is 2.14. The fourth-order valence-electron chi connectivity index (χ4n) is 2.19. The molecular weight excluding hydrogens is 318 g/mol. The molecule has 8 nitrogen and oxygen atoms in total. The summed E-state index contributed by atoms with van der Waals surface area (Å²) >= 11 is 0. The Bertz CT molecular complexity index is 636. The molecule has 24 heavy (non-hydrogen) atoms. The van der Waals surface area contributed by atoms with Crippen LogP contribution in [0.15, 0.2) is 12.1 Å². The fourth-order valence-corrected chi connectivity index (χ4v) is 2.19. The molecule has 2 N–H and O–H groups in total. The van der Waals surface area contributed by atoms with Gasteiger partial charge in [0, 0.05) is 6.42 Å². The Kier molecular flexibility index (Phi) is 5.06. The van der Waals surface area contributed by atoms with Gasteiger partial charge in [0.05, 0.1) is 7.11 Å². The molecule has 0 aliphatic carbocycles. The average Bonchev–Trinajstić information content (AvgIpc) is 2.91. The van der Waals surface area contributed by atoms with Crippen molar-refractivity contribution in [2.45, 2.75) is 38.8 Å². The van der Waals surface area contributed by atoms with Crippen LogP contribution >= 0.6 is 0 Å². The maximum atomic E-state index is 11.8. The number of nitrogens with one attached hydrogen (secondary N) is 1. The van der Waals surface area contributed by atoms with E-state index in [1.54, 1.807) is 32.9 Å². The third kappa shape index (κ3) is 4.43. The van der Waals surface area contributed by atoms with Crippen LogP contribution in [-0.4, -0.2) is 42.7 Å². The summed E-state index contributed by atoms with van der Waals surface area (Å²) in [6.07, 6.45) is -0.746. The summed E-state index contributed by atoms with van der Waals surface area (Å²) in [7, 11) is 1.48. The number of hydrogen-bond acceptors (Lipinski definition) is 6. The summed E-state index contributed by atoms with van der Waals surface area (Å²) in [5.41, 5.74) is -0.0886. The molecule has 0 aromatic heterocycles. The third-order valence-corrected chi connectivity index (χ3v) is 3.15. The first-order valence-electron chi connectivity index (χ1n) is 7.38. The van der Waals surface area contributed by atoms with E-state index in [4.69, 9.17) is 18.9 Å². The first kappa shape index (κ1) is 17.7. The van der Waals surface area contributed by atoms with E-state index in [1.807, 2.05) is 0 Å². The van der Waals surface area contributed by atoms with Gasteiger partial charge in [0.15, 0.2) is 11.5 Å². The van der Waals surface area contributed by atoms with Crippen LogP contribution in [-0.2, 0) is 16.0 Å². The Hall–Kier alpha value is -2.64. The van der Waals surface area contributed by atoms with Crippen molar-refractivity contribution in [3.63, 3.8) is 0 Å². The number of methoxy groups -OCH3 is 1. The quantitative estimate of drug-likeness (QED) is 0.845. The van der Waals surface area contributed by atoms with E-state index < -0.39 is 23.7 Å². The van der Waals surface area contributed by atoms with Gasteiger partial charge in [-0.3, -0.25) is 0 Å². The van der Waals surface area contributed by atoms with E-state index >= 15 is 0 Å². The van der Waals surface area contributed by atoms with E-state index in [1.165, 1.54) is 7.11 Å². The SMILES string of the molecule is COc1cc(CC(NC(=O)OC(C)(C)C)C(=O)O)cc2c1OCO2. The number of rotatable bonds is 5. The van der Waals surface area contributed by atoms with Crippen LogP contribution in [0.25, 0.3) is 0 Å². The van der Waals surface area contributed by atoms with Crippen LogP contribution in [0.5, 0.6) is 17.2 Å². The second kappa shape index (κ2) is 6.86. The molecule has 2 rings (SSSR count). The molecule has 0 spiro atoms. The highest BCUT2D eigenvalue weighted by molar-refractivity contribution is 5.80. The summed E-state index contributed by atoms with van der Waals surface area (Å²) in [5, 5.41) is 11.7. The summed E-state index contributed by atoms with van der Waals surface area (Å²) in [6.45, 7) is 5.18. The van der Waals surface area contributed by atoms with Gasteiger partial charge in [-0.05, 0) is 38.5 Å². The van der Waals surface area contributed by atoms with Crippen molar-refractivity contribution in [1.82, 2.24) is 5.32 Å². The van der Waals surface area contributed by atoms with Crippen LogP contribution in [0, 0.1) is 0 Å². The predicted molar refractivity (Wildman–Crippen MR) is 83.6 cm³/mol. The average molecular weight is 339 g/mol. The highest BCUT2D eigenvalue weighted by Gasteiger charge is 2.26. The van der Waals surface area contributed by atoms with Crippen LogP contribution in [0.4, 0.5) is 4.79 Å². The number of hydrogen-bond donors (Lipinski definition) is 2. The minimum Gasteiger partial charge on any atom is -0.493 e. The van der Waals surface area contributed by atoms with Gasteiger partial charge in [-0.2, -0.15) is 0 Å². The monoisotopic (exact) mass is 339 g/mol. The minimum atomic E-state index is -1.17. The molecule has 1 aliphatic heterocycles. The van der Waals surface area contributed by atoms with Gasteiger partial charge in [-0.15, -0.1) is 0 Å². The minimum absolute atomic E-state index is 0.0432. The molecule has 0 radical (unpaired) electrons. The predicted octanol–water partition coefficient (Wildman–Crippen LogP) is 1.94. The van der Waals surface area contributed by atoms with E-state index in [-0.39, 0.29) is 13.2 Å². The molecule has 132 valence electrons. The fraction of sp³-hybridized carbons (Fsp3) is 0.500. The molecule has 0 fully saturated rings. The molecule has 0 bridgehead atoms. The molecule has 1 aromatic rings. The highest BCUT2D eigenvalue weighted by Crippen LogP contribution is 2.42. The molecule has 1 unspecified atom stereocenters. The van der Waals surface area contributed by atoms with Crippen LogP contribution in [0.1, 0.15) is 26.3 Å². The van der Waals surface area contributed by atoms with Gasteiger partial charge < -0.3 is 29.4 Å². The van der Waals surface area contributed by atoms with Crippen molar-refractivity contribution >= 4 is 12.1 Å². The Morgan fingerprint density at radius 1 is 1.33 bits per heavy atom. The van der Waals surface area contributed by atoms with Gasteiger partial charge in [0.2, 0.25) is 12.5 Å².